The fourth-order valence-electron chi connectivity index (χ4n) is 2.24. The first-order valence-corrected chi connectivity index (χ1v) is 6.48. The van der Waals surface area contributed by atoms with Crippen molar-refractivity contribution in [3.63, 3.8) is 0 Å². The zero-order valence-corrected chi connectivity index (χ0v) is 11.3. The highest BCUT2D eigenvalue weighted by atomic mass is 32.1. The molecule has 1 aromatic rings. The molecule has 1 fully saturated rings. The highest BCUT2D eigenvalue weighted by molar-refractivity contribution is 7.78. The van der Waals surface area contributed by atoms with Gasteiger partial charge in [0.25, 0.3) is 0 Å². The summed E-state index contributed by atoms with van der Waals surface area (Å²) in [6.45, 7) is -0.472. The third-order valence-corrected chi connectivity index (χ3v) is 3.39. The summed E-state index contributed by atoms with van der Waals surface area (Å²) < 4.78 is 5.47. The number of thiocarbonyl (C=S) groups is 1. The monoisotopic (exact) mass is 297 g/mol. The Balaban J connectivity index is 2.38. The van der Waals surface area contributed by atoms with E-state index in [1.807, 2.05) is 0 Å². The standard InChI is InChI=1S/C13H15NO5S/c15-5-9-10(16)11(17)12(18)13(19-9)7-3-1-2-4-8(7)14-6-20/h1-4,9-13,15-18H,5H2/t9-,10-,11-,12+,13-/m1/s1. The van der Waals surface area contributed by atoms with Crippen LogP contribution in [0.5, 0.6) is 0 Å². The molecule has 1 saturated heterocycles. The summed E-state index contributed by atoms with van der Waals surface area (Å²) in [5, 5.41) is 41.0. The molecule has 0 saturated carbocycles. The molecule has 1 aromatic carbocycles. The van der Waals surface area contributed by atoms with E-state index in [0.29, 0.717) is 11.3 Å². The van der Waals surface area contributed by atoms with Crippen molar-refractivity contribution in [1.29, 1.82) is 0 Å². The van der Waals surface area contributed by atoms with Crippen LogP contribution < -0.4 is 0 Å². The molecule has 0 unspecified atom stereocenters. The normalized spacial score (nSPS) is 33.5. The van der Waals surface area contributed by atoms with E-state index in [9.17, 15) is 20.4 Å². The second-order valence-corrected chi connectivity index (χ2v) is 4.69. The lowest BCUT2D eigenvalue weighted by Crippen LogP contribution is -2.55. The lowest BCUT2D eigenvalue weighted by atomic mass is 9.90. The lowest BCUT2D eigenvalue weighted by molar-refractivity contribution is -0.231. The number of rotatable bonds is 3. The van der Waals surface area contributed by atoms with Crippen molar-refractivity contribution in [3.8, 4) is 0 Å². The van der Waals surface area contributed by atoms with Gasteiger partial charge in [0.2, 0.25) is 0 Å². The summed E-state index contributed by atoms with van der Waals surface area (Å²) in [7, 11) is 0. The summed E-state index contributed by atoms with van der Waals surface area (Å²) in [5.41, 5.74) is 0.952. The van der Waals surface area contributed by atoms with Gasteiger partial charge in [0.1, 0.15) is 30.5 Å². The zero-order chi connectivity index (χ0) is 14.7. The van der Waals surface area contributed by atoms with E-state index in [0.717, 1.165) is 0 Å². The number of aliphatic hydroxyl groups excluding tert-OH is 4. The van der Waals surface area contributed by atoms with Crippen molar-refractivity contribution in [2.24, 2.45) is 4.99 Å². The van der Waals surface area contributed by atoms with Crippen LogP contribution in [-0.4, -0.2) is 56.6 Å². The second-order valence-electron chi connectivity index (χ2n) is 4.51. The van der Waals surface area contributed by atoms with E-state index in [1.165, 1.54) is 0 Å². The largest absolute Gasteiger partial charge is 0.394 e. The van der Waals surface area contributed by atoms with Gasteiger partial charge in [0.05, 0.1) is 17.5 Å². The molecule has 2 rings (SSSR count). The Bertz CT molecular complexity index is 517. The highest BCUT2D eigenvalue weighted by Crippen LogP contribution is 2.36. The van der Waals surface area contributed by atoms with Crippen LogP contribution in [0.2, 0.25) is 0 Å². The average molecular weight is 297 g/mol. The van der Waals surface area contributed by atoms with Gasteiger partial charge in [-0.15, -0.1) is 0 Å². The van der Waals surface area contributed by atoms with Crippen molar-refractivity contribution in [3.05, 3.63) is 29.8 Å². The number of hydrogen-bond acceptors (Lipinski definition) is 7. The molecule has 1 heterocycles. The number of para-hydroxylation sites is 1. The van der Waals surface area contributed by atoms with Gasteiger partial charge in [-0.3, -0.25) is 0 Å². The SMILES string of the molecule is OC[C@H]1O[C@H](c2ccccc2N=C=S)[C@@H](O)[C@H](O)[C@@H]1O. The molecular weight excluding hydrogens is 282 g/mol. The molecule has 20 heavy (non-hydrogen) atoms. The third-order valence-electron chi connectivity index (χ3n) is 3.30. The lowest BCUT2D eigenvalue weighted by Gasteiger charge is -2.40. The van der Waals surface area contributed by atoms with Gasteiger partial charge in [0.15, 0.2) is 0 Å². The molecule has 0 spiro atoms. The van der Waals surface area contributed by atoms with Crippen LogP contribution in [0.25, 0.3) is 0 Å². The van der Waals surface area contributed by atoms with E-state index in [2.05, 4.69) is 22.4 Å². The fourth-order valence-corrected chi connectivity index (χ4v) is 2.34. The fraction of sp³-hybridized carbons (Fsp3) is 0.462. The molecule has 1 aliphatic heterocycles. The second kappa shape index (κ2) is 6.51. The number of benzene rings is 1. The number of aliphatic imine (C=N–C) groups is 1. The molecule has 5 atom stereocenters. The molecule has 6 nitrogen and oxygen atoms in total. The summed E-state index contributed by atoms with van der Waals surface area (Å²) in [4.78, 5) is 3.88. The summed E-state index contributed by atoms with van der Waals surface area (Å²) >= 11 is 4.56. The minimum Gasteiger partial charge on any atom is -0.394 e. The van der Waals surface area contributed by atoms with E-state index < -0.39 is 37.1 Å². The minimum atomic E-state index is -1.42. The maximum Gasteiger partial charge on any atom is 0.114 e. The highest BCUT2D eigenvalue weighted by Gasteiger charge is 2.44. The van der Waals surface area contributed by atoms with Crippen molar-refractivity contribution >= 4 is 23.1 Å². The molecule has 1 aliphatic rings. The first-order valence-electron chi connectivity index (χ1n) is 6.07. The van der Waals surface area contributed by atoms with Crippen molar-refractivity contribution in [2.75, 3.05) is 6.61 Å². The van der Waals surface area contributed by atoms with Crippen LogP contribution >= 0.6 is 12.2 Å². The Hall–Kier alpha value is -1.18. The van der Waals surface area contributed by atoms with Crippen LogP contribution in [0.1, 0.15) is 11.7 Å². The van der Waals surface area contributed by atoms with Crippen molar-refractivity contribution < 1.29 is 25.2 Å². The predicted octanol–water partition coefficient (Wildman–Crippen LogP) is -0.0642. The van der Waals surface area contributed by atoms with E-state index in [-0.39, 0.29) is 0 Å². The van der Waals surface area contributed by atoms with Crippen LogP contribution in [0.3, 0.4) is 0 Å². The van der Waals surface area contributed by atoms with Gasteiger partial charge < -0.3 is 25.2 Å². The molecule has 0 radical (unpaired) electrons. The minimum absolute atomic E-state index is 0.451. The number of ether oxygens (including phenoxy) is 1. The quantitative estimate of drug-likeness (QED) is 0.460. The molecule has 0 aliphatic carbocycles. The van der Waals surface area contributed by atoms with Crippen LogP contribution in [0.4, 0.5) is 5.69 Å². The van der Waals surface area contributed by atoms with Crippen LogP contribution in [0.15, 0.2) is 29.3 Å². The van der Waals surface area contributed by atoms with Gasteiger partial charge >= 0.3 is 0 Å². The number of nitrogens with zero attached hydrogens (tertiary/aromatic N) is 1. The number of hydrogen-bond donors (Lipinski definition) is 4. The molecule has 0 aromatic heterocycles. The van der Waals surface area contributed by atoms with Gasteiger partial charge in [-0.2, -0.15) is 4.99 Å². The molecule has 7 heteroatoms. The first-order chi connectivity index (χ1) is 9.60. The number of isothiocyanates is 1. The average Bonchev–Trinajstić information content (AvgIpc) is 2.47. The Morgan fingerprint density at radius 1 is 1.15 bits per heavy atom. The number of aliphatic hydroxyl groups is 4. The van der Waals surface area contributed by atoms with Gasteiger partial charge in [-0.05, 0) is 18.3 Å². The topological polar surface area (TPSA) is 103 Å². The smallest absolute Gasteiger partial charge is 0.114 e. The molecular formula is C13H15NO5S. The molecule has 108 valence electrons. The van der Waals surface area contributed by atoms with Crippen molar-refractivity contribution in [1.82, 2.24) is 0 Å². The van der Waals surface area contributed by atoms with Crippen LogP contribution in [-0.2, 0) is 4.74 Å². The van der Waals surface area contributed by atoms with E-state index in [4.69, 9.17) is 4.74 Å². The van der Waals surface area contributed by atoms with E-state index in [1.54, 1.807) is 24.3 Å². The third kappa shape index (κ3) is 2.79. The van der Waals surface area contributed by atoms with E-state index >= 15 is 0 Å². The summed E-state index contributed by atoms with van der Waals surface area (Å²) in [5.74, 6) is 0. The predicted molar refractivity (Wildman–Crippen MR) is 73.8 cm³/mol. The Morgan fingerprint density at radius 3 is 2.50 bits per heavy atom. The summed E-state index contributed by atoms with van der Waals surface area (Å²) in [6, 6.07) is 6.78. The molecule has 4 N–H and O–H groups in total. The Labute approximate surface area is 121 Å². The first kappa shape index (κ1) is 15.2. The summed E-state index contributed by atoms with van der Waals surface area (Å²) in [6.07, 6.45) is -6.02. The molecule has 0 amide bonds. The Morgan fingerprint density at radius 2 is 1.85 bits per heavy atom. The maximum absolute atomic E-state index is 10.1. The maximum atomic E-state index is 10.1. The van der Waals surface area contributed by atoms with Gasteiger partial charge in [0, 0.05) is 5.56 Å². The Kier molecular flexibility index (Phi) is 4.95. The molecule has 0 bridgehead atoms. The van der Waals surface area contributed by atoms with Crippen molar-refractivity contribution in [2.45, 2.75) is 30.5 Å². The zero-order valence-electron chi connectivity index (χ0n) is 10.5. The van der Waals surface area contributed by atoms with Crippen LogP contribution in [0, 0.1) is 0 Å². The van der Waals surface area contributed by atoms with Gasteiger partial charge in [-0.1, -0.05) is 18.2 Å². The van der Waals surface area contributed by atoms with Gasteiger partial charge in [-0.25, -0.2) is 0 Å².